The SMILES string of the molecule is CCN(CC)c1ccc(C=CC(N)=O)c(O)c1. The summed E-state index contributed by atoms with van der Waals surface area (Å²) in [6.45, 7) is 5.88. The van der Waals surface area contributed by atoms with E-state index in [4.69, 9.17) is 5.73 Å². The number of phenols is 1. The summed E-state index contributed by atoms with van der Waals surface area (Å²) in [6, 6.07) is 5.36. The lowest BCUT2D eigenvalue weighted by Gasteiger charge is -2.21. The van der Waals surface area contributed by atoms with Crippen LogP contribution in [0.3, 0.4) is 0 Å². The molecule has 0 spiro atoms. The Morgan fingerprint density at radius 3 is 2.53 bits per heavy atom. The highest BCUT2D eigenvalue weighted by molar-refractivity contribution is 5.90. The highest BCUT2D eigenvalue weighted by atomic mass is 16.3. The van der Waals surface area contributed by atoms with E-state index in [1.54, 1.807) is 12.1 Å². The van der Waals surface area contributed by atoms with Crippen molar-refractivity contribution in [1.29, 1.82) is 0 Å². The number of hydrogen-bond acceptors (Lipinski definition) is 3. The molecule has 0 fully saturated rings. The molecule has 0 unspecified atom stereocenters. The minimum atomic E-state index is -0.530. The molecule has 1 aromatic rings. The normalized spacial score (nSPS) is 10.7. The molecule has 1 rings (SSSR count). The van der Waals surface area contributed by atoms with Crippen LogP contribution in [0, 0.1) is 0 Å². The van der Waals surface area contributed by atoms with Gasteiger partial charge in [-0.1, -0.05) is 0 Å². The van der Waals surface area contributed by atoms with E-state index in [2.05, 4.69) is 18.7 Å². The van der Waals surface area contributed by atoms with Gasteiger partial charge in [0.1, 0.15) is 5.75 Å². The summed E-state index contributed by atoms with van der Waals surface area (Å²) in [4.78, 5) is 12.7. The zero-order valence-electron chi connectivity index (χ0n) is 10.2. The molecule has 1 amide bonds. The predicted molar refractivity (Wildman–Crippen MR) is 69.9 cm³/mol. The van der Waals surface area contributed by atoms with Crippen molar-refractivity contribution in [2.24, 2.45) is 5.73 Å². The maximum absolute atomic E-state index is 10.6. The second-order valence-corrected chi connectivity index (χ2v) is 3.65. The van der Waals surface area contributed by atoms with Crippen LogP contribution < -0.4 is 10.6 Å². The Morgan fingerprint density at radius 2 is 2.06 bits per heavy atom. The number of benzene rings is 1. The van der Waals surface area contributed by atoms with Crippen molar-refractivity contribution in [3.05, 3.63) is 29.8 Å². The molecular weight excluding hydrogens is 216 g/mol. The van der Waals surface area contributed by atoms with Crippen molar-refractivity contribution in [1.82, 2.24) is 0 Å². The van der Waals surface area contributed by atoms with Gasteiger partial charge in [0, 0.05) is 36.5 Å². The molecule has 3 N–H and O–H groups in total. The average molecular weight is 234 g/mol. The van der Waals surface area contributed by atoms with E-state index in [1.165, 1.54) is 12.2 Å². The number of hydrogen-bond donors (Lipinski definition) is 2. The van der Waals surface area contributed by atoms with Crippen molar-refractivity contribution in [2.75, 3.05) is 18.0 Å². The molecule has 0 bridgehead atoms. The summed E-state index contributed by atoms with van der Waals surface area (Å²) in [7, 11) is 0. The van der Waals surface area contributed by atoms with Crippen LogP contribution in [0.5, 0.6) is 5.75 Å². The molecule has 0 aliphatic carbocycles. The third-order valence-corrected chi connectivity index (χ3v) is 2.57. The first kappa shape index (κ1) is 13.1. The minimum Gasteiger partial charge on any atom is -0.507 e. The minimum absolute atomic E-state index is 0.145. The Balaban J connectivity index is 2.97. The first-order chi connectivity index (χ1) is 8.08. The van der Waals surface area contributed by atoms with Crippen LogP contribution in [0.4, 0.5) is 5.69 Å². The number of carbonyl (C=O) groups is 1. The summed E-state index contributed by atoms with van der Waals surface area (Å²) < 4.78 is 0. The lowest BCUT2D eigenvalue weighted by molar-refractivity contribution is -0.113. The number of amides is 1. The van der Waals surface area contributed by atoms with Gasteiger partial charge in [0.25, 0.3) is 0 Å². The van der Waals surface area contributed by atoms with Gasteiger partial charge >= 0.3 is 0 Å². The van der Waals surface area contributed by atoms with Gasteiger partial charge in [-0.15, -0.1) is 0 Å². The fraction of sp³-hybridized carbons (Fsp3) is 0.308. The quantitative estimate of drug-likeness (QED) is 0.762. The van der Waals surface area contributed by atoms with E-state index < -0.39 is 5.91 Å². The molecule has 0 radical (unpaired) electrons. The fourth-order valence-electron chi connectivity index (χ4n) is 1.63. The predicted octanol–water partition coefficient (Wildman–Crippen LogP) is 1.74. The zero-order chi connectivity index (χ0) is 12.8. The third-order valence-electron chi connectivity index (χ3n) is 2.57. The molecule has 92 valence electrons. The topological polar surface area (TPSA) is 66.6 Å². The number of anilines is 1. The number of phenolic OH excluding ortho intramolecular Hbond substituents is 1. The lowest BCUT2D eigenvalue weighted by Crippen LogP contribution is -2.21. The average Bonchev–Trinajstić information content (AvgIpc) is 2.29. The van der Waals surface area contributed by atoms with E-state index in [0.29, 0.717) is 5.56 Å². The summed E-state index contributed by atoms with van der Waals surface area (Å²) in [5.41, 5.74) is 6.54. The van der Waals surface area contributed by atoms with Gasteiger partial charge in [0.2, 0.25) is 5.91 Å². The number of nitrogens with two attached hydrogens (primary N) is 1. The van der Waals surface area contributed by atoms with E-state index in [0.717, 1.165) is 18.8 Å². The molecular formula is C13H18N2O2. The molecule has 0 aliphatic heterocycles. The van der Waals surface area contributed by atoms with Crippen molar-refractivity contribution in [2.45, 2.75) is 13.8 Å². The Kier molecular flexibility index (Phi) is 4.57. The lowest BCUT2D eigenvalue weighted by atomic mass is 10.1. The number of aromatic hydroxyl groups is 1. The second-order valence-electron chi connectivity index (χ2n) is 3.65. The number of rotatable bonds is 5. The molecule has 0 heterocycles. The highest BCUT2D eigenvalue weighted by Gasteiger charge is 2.05. The Labute approximate surface area is 101 Å². The van der Waals surface area contributed by atoms with Crippen LogP contribution in [0.15, 0.2) is 24.3 Å². The number of primary amides is 1. The number of nitrogens with zero attached hydrogens (tertiary/aromatic N) is 1. The molecule has 4 nitrogen and oxygen atoms in total. The molecule has 17 heavy (non-hydrogen) atoms. The summed E-state index contributed by atoms with van der Waals surface area (Å²) in [5, 5.41) is 9.81. The van der Waals surface area contributed by atoms with Gasteiger partial charge in [0.05, 0.1) is 0 Å². The maximum Gasteiger partial charge on any atom is 0.241 e. The summed E-state index contributed by atoms with van der Waals surface area (Å²) >= 11 is 0. The van der Waals surface area contributed by atoms with E-state index in [9.17, 15) is 9.90 Å². The van der Waals surface area contributed by atoms with Gasteiger partial charge in [-0.3, -0.25) is 4.79 Å². The third kappa shape index (κ3) is 3.52. The largest absolute Gasteiger partial charge is 0.507 e. The summed E-state index contributed by atoms with van der Waals surface area (Å²) in [6.07, 6.45) is 2.73. The molecule has 0 aromatic heterocycles. The fourth-order valence-corrected chi connectivity index (χ4v) is 1.63. The summed E-state index contributed by atoms with van der Waals surface area (Å²) in [5.74, 6) is -0.385. The van der Waals surface area contributed by atoms with Crippen LogP contribution in [0.2, 0.25) is 0 Å². The molecule has 4 heteroatoms. The van der Waals surface area contributed by atoms with E-state index in [1.807, 2.05) is 6.07 Å². The van der Waals surface area contributed by atoms with Crippen LogP contribution in [0.25, 0.3) is 6.08 Å². The monoisotopic (exact) mass is 234 g/mol. The van der Waals surface area contributed by atoms with Gasteiger partial charge in [-0.25, -0.2) is 0 Å². The molecule has 0 atom stereocenters. The smallest absolute Gasteiger partial charge is 0.241 e. The zero-order valence-corrected chi connectivity index (χ0v) is 10.2. The molecule has 0 aliphatic rings. The van der Waals surface area contributed by atoms with Crippen LogP contribution in [-0.2, 0) is 4.79 Å². The van der Waals surface area contributed by atoms with Crippen molar-refractivity contribution >= 4 is 17.7 Å². The molecule has 0 saturated heterocycles. The first-order valence-corrected chi connectivity index (χ1v) is 5.64. The van der Waals surface area contributed by atoms with Gasteiger partial charge in [0.15, 0.2) is 0 Å². The first-order valence-electron chi connectivity index (χ1n) is 5.64. The van der Waals surface area contributed by atoms with Crippen molar-refractivity contribution in [3.63, 3.8) is 0 Å². The van der Waals surface area contributed by atoms with Crippen molar-refractivity contribution in [3.8, 4) is 5.75 Å². The Hall–Kier alpha value is -1.97. The number of carbonyl (C=O) groups excluding carboxylic acids is 1. The van der Waals surface area contributed by atoms with E-state index >= 15 is 0 Å². The van der Waals surface area contributed by atoms with Crippen molar-refractivity contribution < 1.29 is 9.90 Å². The van der Waals surface area contributed by atoms with E-state index in [-0.39, 0.29) is 5.75 Å². The van der Waals surface area contributed by atoms with Gasteiger partial charge in [-0.05, 0) is 32.1 Å². The standard InChI is InChI=1S/C13H18N2O2/c1-3-15(4-2)11-7-5-10(12(16)9-11)6-8-13(14)17/h5-9,16H,3-4H2,1-2H3,(H2,14,17). The molecule has 0 saturated carbocycles. The Bertz CT molecular complexity index is 423. The van der Waals surface area contributed by atoms with Crippen LogP contribution in [-0.4, -0.2) is 24.1 Å². The maximum atomic E-state index is 10.6. The highest BCUT2D eigenvalue weighted by Crippen LogP contribution is 2.25. The van der Waals surface area contributed by atoms with Gasteiger partial charge < -0.3 is 15.7 Å². The second kappa shape index (κ2) is 5.94. The van der Waals surface area contributed by atoms with Crippen LogP contribution in [0.1, 0.15) is 19.4 Å². The molecule has 1 aromatic carbocycles. The van der Waals surface area contributed by atoms with Gasteiger partial charge in [-0.2, -0.15) is 0 Å². The Morgan fingerprint density at radius 1 is 1.41 bits per heavy atom. The van der Waals surface area contributed by atoms with Crippen LogP contribution >= 0.6 is 0 Å².